The van der Waals surface area contributed by atoms with Gasteiger partial charge in [0.15, 0.2) is 0 Å². The monoisotopic (exact) mass is 376 g/mol. The van der Waals surface area contributed by atoms with Gasteiger partial charge in [-0.25, -0.2) is 0 Å². The number of hydrogen-bond donors (Lipinski definition) is 1. The first-order valence-electron chi connectivity index (χ1n) is 8.88. The maximum absolute atomic E-state index is 11.6. The predicted molar refractivity (Wildman–Crippen MR) is 101 cm³/mol. The number of pyridine rings is 1. The third-order valence-electron chi connectivity index (χ3n) is 5.81. The molecule has 1 aromatic carbocycles. The molecule has 3 nitrogen and oxygen atoms in total. The second-order valence-electron chi connectivity index (χ2n) is 7.27. The summed E-state index contributed by atoms with van der Waals surface area (Å²) in [4.78, 5) is 6.89. The highest BCUT2D eigenvalue weighted by atomic mass is 35.5. The van der Waals surface area contributed by atoms with Crippen molar-refractivity contribution < 1.29 is 5.11 Å². The molecule has 1 N–H and O–H groups in total. The second-order valence-corrected chi connectivity index (χ2v) is 8.06. The Morgan fingerprint density at radius 3 is 2.52 bits per heavy atom. The molecule has 1 saturated carbocycles. The summed E-state index contributed by atoms with van der Waals surface area (Å²) in [6.07, 6.45) is 5.02. The number of fused-ring (bicyclic) bond motifs is 2. The van der Waals surface area contributed by atoms with E-state index >= 15 is 0 Å². The maximum Gasteiger partial charge on any atom is 0.114 e. The molecular weight excluding hydrogens is 355 g/mol. The standard InChI is InChI=1S/C20H22Cl2N2O/c21-17-8-3-5-14(19(17)22)11-24-12-15-6-4-7-16(13-24)20(15,25)18-9-1-2-10-23-18/h1-3,5,8-10,15-16,25H,4,6-7,11-13H2. The molecule has 1 saturated heterocycles. The Bertz CT molecular complexity index is 739. The minimum absolute atomic E-state index is 0.202. The first-order chi connectivity index (χ1) is 12.1. The van der Waals surface area contributed by atoms with Crippen molar-refractivity contribution in [2.75, 3.05) is 13.1 Å². The molecule has 0 radical (unpaired) electrons. The SMILES string of the molecule is OC1(c2ccccn2)C2CCCC1CN(Cc1cccc(Cl)c1Cl)C2. The third-order valence-corrected chi connectivity index (χ3v) is 6.67. The van der Waals surface area contributed by atoms with Crippen LogP contribution in [0.1, 0.15) is 30.5 Å². The zero-order chi connectivity index (χ0) is 17.4. The molecule has 5 heteroatoms. The normalized spacial score (nSPS) is 29.6. The van der Waals surface area contributed by atoms with Crippen LogP contribution in [-0.4, -0.2) is 28.1 Å². The quantitative estimate of drug-likeness (QED) is 0.855. The Balaban J connectivity index is 1.58. The van der Waals surface area contributed by atoms with Crippen LogP contribution in [0.4, 0.5) is 0 Å². The Hall–Kier alpha value is -1.13. The van der Waals surface area contributed by atoms with Crippen molar-refractivity contribution >= 4 is 23.2 Å². The van der Waals surface area contributed by atoms with Crippen molar-refractivity contribution in [2.24, 2.45) is 11.8 Å². The molecule has 0 amide bonds. The summed E-state index contributed by atoms with van der Waals surface area (Å²) in [7, 11) is 0. The van der Waals surface area contributed by atoms with Crippen LogP contribution < -0.4 is 0 Å². The molecular formula is C20H22Cl2N2O. The van der Waals surface area contributed by atoms with Crippen LogP contribution in [0.25, 0.3) is 0 Å². The number of halogens is 2. The van der Waals surface area contributed by atoms with Crippen molar-refractivity contribution in [1.29, 1.82) is 0 Å². The van der Waals surface area contributed by atoms with E-state index in [2.05, 4.69) is 9.88 Å². The number of piperidine rings is 1. The van der Waals surface area contributed by atoms with Gasteiger partial charge in [-0.05, 0) is 36.6 Å². The molecule has 132 valence electrons. The molecule has 0 spiro atoms. The Morgan fingerprint density at radius 1 is 1.08 bits per heavy atom. The first kappa shape index (κ1) is 17.3. The predicted octanol–water partition coefficient (Wildman–Crippen LogP) is 4.51. The van der Waals surface area contributed by atoms with Gasteiger partial charge in [-0.3, -0.25) is 9.88 Å². The van der Waals surface area contributed by atoms with Gasteiger partial charge in [0.25, 0.3) is 0 Å². The second kappa shape index (κ2) is 6.88. The van der Waals surface area contributed by atoms with Gasteiger partial charge >= 0.3 is 0 Å². The van der Waals surface area contributed by atoms with Crippen molar-refractivity contribution in [3.8, 4) is 0 Å². The number of rotatable bonds is 3. The summed E-state index contributed by atoms with van der Waals surface area (Å²) in [6.45, 7) is 2.48. The highest BCUT2D eigenvalue weighted by Gasteiger charge is 2.52. The zero-order valence-corrected chi connectivity index (χ0v) is 15.5. The largest absolute Gasteiger partial charge is 0.383 e. The van der Waals surface area contributed by atoms with Gasteiger partial charge in [-0.1, -0.05) is 47.8 Å². The van der Waals surface area contributed by atoms with Crippen LogP contribution in [0.5, 0.6) is 0 Å². The lowest BCUT2D eigenvalue weighted by Crippen LogP contribution is -2.58. The highest BCUT2D eigenvalue weighted by Crippen LogP contribution is 2.48. The van der Waals surface area contributed by atoms with Crippen molar-refractivity contribution in [3.05, 3.63) is 63.9 Å². The minimum atomic E-state index is -0.811. The topological polar surface area (TPSA) is 36.4 Å². The number of nitrogens with zero attached hydrogens (tertiary/aromatic N) is 2. The average molecular weight is 377 g/mol. The van der Waals surface area contributed by atoms with E-state index in [9.17, 15) is 5.11 Å². The highest BCUT2D eigenvalue weighted by molar-refractivity contribution is 6.42. The van der Waals surface area contributed by atoms with Crippen LogP contribution in [0.2, 0.25) is 10.0 Å². The van der Waals surface area contributed by atoms with E-state index in [-0.39, 0.29) is 11.8 Å². The van der Waals surface area contributed by atoms with Crippen molar-refractivity contribution in [2.45, 2.75) is 31.4 Å². The van der Waals surface area contributed by atoms with E-state index in [4.69, 9.17) is 23.2 Å². The van der Waals surface area contributed by atoms with Gasteiger partial charge in [0, 0.05) is 37.7 Å². The van der Waals surface area contributed by atoms with Crippen LogP contribution in [-0.2, 0) is 12.1 Å². The maximum atomic E-state index is 11.6. The minimum Gasteiger partial charge on any atom is -0.383 e. The molecule has 2 aromatic rings. The van der Waals surface area contributed by atoms with Gasteiger partial charge in [0.05, 0.1) is 15.7 Å². The number of benzene rings is 1. The Kier molecular flexibility index (Phi) is 4.76. The molecule has 2 atom stereocenters. The Morgan fingerprint density at radius 2 is 1.84 bits per heavy atom. The summed E-state index contributed by atoms with van der Waals surface area (Å²) in [5.41, 5.74) is 1.06. The number of aliphatic hydroxyl groups is 1. The smallest absolute Gasteiger partial charge is 0.114 e. The van der Waals surface area contributed by atoms with Gasteiger partial charge in [0.1, 0.15) is 5.60 Å². The van der Waals surface area contributed by atoms with E-state index in [0.29, 0.717) is 10.0 Å². The molecule has 2 heterocycles. The van der Waals surface area contributed by atoms with E-state index in [1.165, 1.54) is 6.42 Å². The molecule has 2 aliphatic rings. The van der Waals surface area contributed by atoms with Gasteiger partial charge < -0.3 is 5.11 Å². The van der Waals surface area contributed by atoms with Crippen LogP contribution in [0.3, 0.4) is 0 Å². The van der Waals surface area contributed by atoms with Gasteiger partial charge in [0.2, 0.25) is 0 Å². The number of aromatic nitrogens is 1. The molecule has 2 fully saturated rings. The zero-order valence-electron chi connectivity index (χ0n) is 14.0. The van der Waals surface area contributed by atoms with Crippen molar-refractivity contribution in [1.82, 2.24) is 9.88 Å². The molecule has 2 bridgehead atoms. The fraction of sp³-hybridized carbons (Fsp3) is 0.450. The van der Waals surface area contributed by atoms with Crippen LogP contribution >= 0.6 is 23.2 Å². The fourth-order valence-corrected chi connectivity index (χ4v) is 4.98. The first-order valence-corrected chi connectivity index (χ1v) is 9.63. The van der Waals surface area contributed by atoms with Crippen LogP contribution in [0, 0.1) is 11.8 Å². The van der Waals surface area contributed by atoms with E-state index in [0.717, 1.165) is 43.7 Å². The Labute approximate surface area is 158 Å². The fourth-order valence-electron chi connectivity index (χ4n) is 4.60. The average Bonchev–Trinajstić information content (AvgIpc) is 2.60. The van der Waals surface area contributed by atoms with Crippen LogP contribution in [0.15, 0.2) is 42.6 Å². The van der Waals surface area contributed by atoms with Gasteiger partial charge in [-0.2, -0.15) is 0 Å². The van der Waals surface area contributed by atoms with Gasteiger partial charge in [-0.15, -0.1) is 0 Å². The third kappa shape index (κ3) is 3.08. The van der Waals surface area contributed by atoms with E-state index in [1.54, 1.807) is 6.20 Å². The summed E-state index contributed by atoms with van der Waals surface area (Å²) >= 11 is 12.5. The summed E-state index contributed by atoms with van der Waals surface area (Å²) in [6, 6.07) is 11.6. The number of hydrogen-bond acceptors (Lipinski definition) is 3. The molecule has 4 rings (SSSR count). The van der Waals surface area contributed by atoms with E-state index in [1.807, 2.05) is 36.4 Å². The summed E-state index contributed by atoms with van der Waals surface area (Å²) < 4.78 is 0. The van der Waals surface area contributed by atoms with Crippen molar-refractivity contribution in [3.63, 3.8) is 0 Å². The van der Waals surface area contributed by atoms with E-state index < -0.39 is 5.60 Å². The molecule has 1 aromatic heterocycles. The number of likely N-dealkylation sites (tertiary alicyclic amines) is 1. The molecule has 1 aliphatic heterocycles. The summed E-state index contributed by atoms with van der Waals surface area (Å²) in [5, 5.41) is 12.8. The summed E-state index contributed by atoms with van der Waals surface area (Å²) in [5.74, 6) is 0.403. The lowest BCUT2D eigenvalue weighted by atomic mass is 9.64. The lowest BCUT2D eigenvalue weighted by Gasteiger charge is -2.52. The molecule has 1 aliphatic carbocycles. The molecule has 25 heavy (non-hydrogen) atoms. The lowest BCUT2D eigenvalue weighted by molar-refractivity contribution is -0.151. The molecule has 2 unspecified atom stereocenters.